The van der Waals surface area contributed by atoms with Crippen molar-refractivity contribution in [1.29, 1.82) is 0 Å². The van der Waals surface area contributed by atoms with E-state index in [2.05, 4.69) is 27.7 Å². The molecule has 2 nitrogen and oxygen atoms in total. The summed E-state index contributed by atoms with van der Waals surface area (Å²) in [5, 5.41) is 0. The van der Waals surface area contributed by atoms with Gasteiger partial charge in [-0.05, 0) is 25.7 Å². The van der Waals surface area contributed by atoms with E-state index in [1.807, 2.05) is 20.8 Å². The molecule has 0 heterocycles. The Morgan fingerprint density at radius 1 is 0.783 bits per heavy atom. The van der Waals surface area contributed by atoms with Gasteiger partial charge in [0.2, 0.25) is 0 Å². The molecule has 0 saturated carbocycles. The molecule has 0 aromatic carbocycles. The van der Waals surface area contributed by atoms with Crippen molar-refractivity contribution < 1.29 is 9.53 Å². The molecular weight excluding hydrogens is 284 g/mol. The second-order valence-electron chi connectivity index (χ2n) is 6.78. The fourth-order valence-corrected chi connectivity index (χ4v) is 2.43. The predicted octanol–water partition coefficient (Wildman–Crippen LogP) is 7.16. The minimum absolute atomic E-state index is 0.0336. The summed E-state index contributed by atoms with van der Waals surface area (Å²) in [5.41, 5.74) is 0. The van der Waals surface area contributed by atoms with Crippen molar-refractivity contribution in [2.75, 3.05) is 0 Å². The molecule has 2 heteroatoms. The first kappa shape index (κ1) is 24.7. The van der Waals surface area contributed by atoms with E-state index < -0.39 is 0 Å². The largest absolute Gasteiger partial charge is 0.462 e. The van der Waals surface area contributed by atoms with Crippen LogP contribution in [0.2, 0.25) is 0 Å². The van der Waals surface area contributed by atoms with Gasteiger partial charge in [0.25, 0.3) is 0 Å². The Balaban J connectivity index is 0. The van der Waals surface area contributed by atoms with Crippen LogP contribution in [0.1, 0.15) is 113 Å². The van der Waals surface area contributed by atoms with Gasteiger partial charge in [-0.25, -0.2) is 0 Å². The Morgan fingerprint density at radius 2 is 1.22 bits per heavy atom. The topological polar surface area (TPSA) is 26.3 Å². The van der Waals surface area contributed by atoms with E-state index in [4.69, 9.17) is 4.74 Å². The van der Waals surface area contributed by atoms with Gasteiger partial charge in [0.1, 0.15) is 6.10 Å². The summed E-state index contributed by atoms with van der Waals surface area (Å²) in [5.74, 6) is 0.568. The first-order valence-electron chi connectivity index (χ1n) is 10.2. The Labute approximate surface area is 146 Å². The summed E-state index contributed by atoms with van der Waals surface area (Å²) in [6.07, 6.45) is 11.9. The zero-order valence-corrected chi connectivity index (χ0v) is 17.1. The van der Waals surface area contributed by atoms with Crippen molar-refractivity contribution in [2.24, 2.45) is 11.8 Å². The number of esters is 1. The molecule has 1 unspecified atom stereocenters. The van der Waals surface area contributed by atoms with Gasteiger partial charge in [-0.15, -0.1) is 0 Å². The molecule has 140 valence electrons. The average molecular weight is 329 g/mol. The molecule has 0 radical (unpaired) electrons. The van der Waals surface area contributed by atoms with Gasteiger partial charge in [-0.2, -0.15) is 0 Å². The second kappa shape index (κ2) is 17.8. The van der Waals surface area contributed by atoms with Crippen LogP contribution in [0.25, 0.3) is 0 Å². The highest BCUT2D eigenvalue weighted by molar-refractivity contribution is 5.72. The molecule has 0 aliphatic carbocycles. The highest BCUT2D eigenvalue weighted by Gasteiger charge is 2.22. The van der Waals surface area contributed by atoms with Crippen LogP contribution < -0.4 is 0 Å². The summed E-state index contributed by atoms with van der Waals surface area (Å²) in [4.78, 5) is 12.4. The summed E-state index contributed by atoms with van der Waals surface area (Å²) < 4.78 is 5.65. The van der Waals surface area contributed by atoms with Crippen LogP contribution in [0.15, 0.2) is 0 Å². The van der Waals surface area contributed by atoms with Crippen LogP contribution in [0, 0.1) is 11.8 Å². The molecule has 0 amide bonds. The van der Waals surface area contributed by atoms with Gasteiger partial charge in [0, 0.05) is 0 Å². The molecule has 0 rings (SSSR count). The predicted molar refractivity (Wildman–Crippen MR) is 103 cm³/mol. The number of unbranched alkanes of at least 4 members (excludes halogenated alkanes) is 6. The molecule has 0 aliphatic heterocycles. The van der Waals surface area contributed by atoms with Crippen LogP contribution in [-0.4, -0.2) is 12.1 Å². The van der Waals surface area contributed by atoms with Gasteiger partial charge < -0.3 is 4.74 Å². The molecule has 0 saturated heterocycles. The lowest BCUT2D eigenvalue weighted by molar-refractivity contribution is -0.155. The van der Waals surface area contributed by atoms with Gasteiger partial charge >= 0.3 is 5.97 Å². The minimum atomic E-state index is 0.0336. The van der Waals surface area contributed by atoms with Crippen LogP contribution >= 0.6 is 0 Å². The molecule has 23 heavy (non-hydrogen) atoms. The average Bonchev–Trinajstić information content (AvgIpc) is 2.55. The summed E-state index contributed by atoms with van der Waals surface area (Å²) >= 11 is 0. The van der Waals surface area contributed by atoms with Crippen molar-refractivity contribution in [3.8, 4) is 0 Å². The van der Waals surface area contributed by atoms with E-state index in [-0.39, 0.29) is 18.0 Å². The monoisotopic (exact) mass is 328 g/mol. The van der Waals surface area contributed by atoms with Crippen molar-refractivity contribution in [3.63, 3.8) is 0 Å². The fourth-order valence-electron chi connectivity index (χ4n) is 2.43. The van der Waals surface area contributed by atoms with Gasteiger partial charge in [-0.1, -0.05) is 92.9 Å². The number of carbonyl (C=O) groups excluding carboxylic acids is 1. The third-order valence-electron chi connectivity index (χ3n) is 4.39. The number of rotatable bonds is 13. The normalized spacial score (nSPS) is 12.0. The van der Waals surface area contributed by atoms with Crippen LogP contribution in [-0.2, 0) is 9.53 Å². The number of hydrogen-bond acceptors (Lipinski definition) is 2. The molecule has 0 aliphatic rings. The van der Waals surface area contributed by atoms with Crippen molar-refractivity contribution in [1.82, 2.24) is 0 Å². The molecule has 0 bridgehead atoms. The molecule has 0 aromatic rings. The lowest BCUT2D eigenvalue weighted by atomic mass is 9.94. The summed E-state index contributed by atoms with van der Waals surface area (Å²) in [6.45, 7) is 14.7. The van der Waals surface area contributed by atoms with Gasteiger partial charge in [-0.3, -0.25) is 4.79 Å². The molecule has 0 spiro atoms. The maximum atomic E-state index is 12.4. The number of hydrogen-bond donors (Lipinski definition) is 0. The number of carbonyl (C=O) groups is 1. The van der Waals surface area contributed by atoms with Crippen molar-refractivity contribution in [2.45, 2.75) is 119 Å². The Hall–Kier alpha value is -0.530. The minimum Gasteiger partial charge on any atom is -0.462 e. The van der Waals surface area contributed by atoms with Crippen molar-refractivity contribution in [3.05, 3.63) is 0 Å². The lowest BCUT2D eigenvalue weighted by Gasteiger charge is -2.21. The fraction of sp³-hybridized carbons (Fsp3) is 0.952. The third-order valence-corrected chi connectivity index (χ3v) is 4.39. The first-order valence-corrected chi connectivity index (χ1v) is 10.2. The molecule has 0 N–H and O–H groups in total. The van der Waals surface area contributed by atoms with Gasteiger partial charge in [0.15, 0.2) is 0 Å². The zero-order valence-electron chi connectivity index (χ0n) is 17.1. The molecule has 1 atom stereocenters. The van der Waals surface area contributed by atoms with E-state index in [0.717, 1.165) is 25.7 Å². The summed E-state index contributed by atoms with van der Waals surface area (Å²) in [6, 6.07) is 0. The standard InChI is InChI=1S/C19H38O2.C2H6/c1-6-8-10-12-14-18(15-13-11-9-7-2)19(20)21-17(5)16(3)4;1-2/h16-18H,6-15H2,1-5H3;1-2H3. The Bertz CT molecular complexity index is 236. The molecular formula is C21H44O2. The van der Waals surface area contributed by atoms with Crippen molar-refractivity contribution >= 4 is 5.97 Å². The Morgan fingerprint density at radius 3 is 1.57 bits per heavy atom. The van der Waals surface area contributed by atoms with Crippen LogP contribution in [0.3, 0.4) is 0 Å². The van der Waals surface area contributed by atoms with E-state index in [1.165, 1.54) is 38.5 Å². The maximum absolute atomic E-state index is 12.4. The quantitative estimate of drug-likeness (QED) is 0.265. The number of ether oxygens (including phenoxy) is 1. The zero-order chi connectivity index (χ0) is 18.1. The van der Waals surface area contributed by atoms with E-state index in [1.54, 1.807) is 0 Å². The second-order valence-corrected chi connectivity index (χ2v) is 6.78. The highest BCUT2D eigenvalue weighted by Crippen LogP contribution is 2.21. The maximum Gasteiger partial charge on any atom is 0.309 e. The molecule has 0 fully saturated rings. The third kappa shape index (κ3) is 14.8. The van der Waals surface area contributed by atoms with Gasteiger partial charge in [0.05, 0.1) is 5.92 Å². The van der Waals surface area contributed by atoms with E-state index in [0.29, 0.717) is 5.92 Å². The van der Waals surface area contributed by atoms with E-state index >= 15 is 0 Å². The SMILES string of the molecule is CC.CCCCCCC(CCCCCC)C(=O)OC(C)C(C)C. The molecule has 0 aromatic heterocycles. The van der Waals surface area contributed by atoms with Crippen LogP contribution in [0.5, 0.6) is 0 Å². The smallest absolute Gasteiger partial charge is 0.309 e. The van der Waals surface area contributed by atoms with E-state index in [9.17, 15) is 4.79 Å². The summed E-state index contributed by atoms with van der Waals surface area (Å²) in [7, 11) is 0. The Kier molecular flexibility index (Phi) is 19.1. The first-order chi connectivity index (χ1) is 11.0. The lowest BCUT2D eigenvalue weighted by Crippen LogP contribution is -2.26. The van der Waals surface area contributed by atoms with Crippen LogP contribution in [0.4, 0.5) is 0 Å². The highest BCUT2D eigenvalue weighted by atomic mass is 16.5.